The van der Waals surface area contributed by atoms with Crippen LogP contribution in [0.15, 0.2) is 36.4 Å². The second kappa shape index (κ2) is 10.1. The van der Waals surface area contributed by atoms with Gasteiger partial charge in [0.05, 0.1) is 11.0 Å². The van der Waals surface area contributed by atoms with Crippen LogP contribution in [0.25, 0.3) is 17.8 Å². The van der Waals surface area contributed by atoms with Crippen LogP contribution in [0, 0.1) is 5.92 Å². The smallest absolute Gasteiger partial charge is 0.225 e. The number of hydrogen-bond donors (Lipinski definition) is 1. The number of nitrogens with zero attached hydrogens (tertiary/aromatic N) is 4. The van der Waals surface area contributed by atoms with Gasteiger partial charge in [0, 0.05) is 55.4 Å². The van der Waals surface area contributed by atoms with Crippen LogP contribution in [0.1, 0.15) is 32.1 Å². The van der Waals surface area contributed by atoms with Gasteiger partial charge in [-0.15, -0.1) is 5.10 Å². The molecule has 0 radical (unpaired) electrons. The molecule has 0 bridgehead atoms. The quantitative estimate of drug-likeness (QED) is 0.756. The third-order valence-electron chi connectivity index (χ3n) is 6.89. The van der Waals surface area contributed by atoms with Gasteiger partial charge in [-0.25, -0.2) is 4.68 Å². The number of fused-ring (bicyclic) bond motifs is 1. The van der Waals surface area contributed by atoms with Crippen molar-refractivity contribution in [3.05, 3.63) is 52.0 Å². The molecule has 0 spiro atoms. The van der Waals surface area contributed by atoms with Crippen LogP contribution in [-0.2, 0) is 4.79 Å². The van der Waals surface area contributed by atoms with Gasteiger partial charge in [0.15, 0.2) is 5.82 Å². The highest BCUT2D eigenvalue weighted by Gasteiger charge is 2.30. The van der Waals surface area contributed by atoms with E-state index in [1.54, 1.807) is 0 Å². The van der Waals surface area contributed by atoms with E-state index in [0.29, 0.717) is 5.91 Å². The fraction of sp³-hybridized carbons (Fsp3) is 0.462. The Morgan fingerprint density at radius 2 is 1.79 bits per heavy atom. The zero-order chi connectivity index (χ0) is 22.6. The van der Waals surface area contributed by atoms with E-state index in [9.17, 15) is 4.79 Å². The van der Waals surface area contributed by atoms with Crippen LogP contribution in [0.3, 0.4) is 0 Å². The minimum absolute atomic E-state index is 0.123. The van der Waals surface area contributed by atoms with E-state index in [1.165, 1.54) is 0 Å². The lowest BCUT2D eigenvalue weighted by molar-refractivity contribution is -0.136. The van der Waals surface area contributed by atoms with Crippen LogP contribution < -0.4 is 20.8 Å². The predicted molar refractivity (Wildman–Crippen MR) is 134 cm³/mol. The second-order valence-corrected chi connectivity index (χ2v) is 9.51. The second-order valence-electron chi connectivity index (χ2n) is 9.08. The van der Waals surface area contributed by atoms with Gasteiger partial charge in [-0.1, -0.05) is 29.8 Å². The zero-order valence-electron chi connectivity index (χ0n) is 19.0. The molecule has 1 aromatic heterocycles. The van der Waals surface area contributed by atoms with Crippen LogP contribution in [0.5, 0.6) is 0 Å². The molecule has 1 N–H and O–H groups in total. The third kappa shape index (κ3) is 4.87. The fourth-order valence-corrected chi connectivity index (χ4v) is 5.14. The molecule has 174 valence electrons. The molecule has 2 saturated heterocycles. The zero-order valence-corrected chi connectivity index (χ0v) is 19.8. The number of carbonyl (C=O) groups is 1. The Balaban J connectivity index is 1.44. The third-order valence-corrected chi connectivity index (χ3v) is 7.15. The number of carbonyl (C=O) groups excluding carboxylic acids is 1. The Morgan fingerprint density at radius 1 is 1.03 bits per heavy atom. The first kappa shape index (κ1) is 22.2. The molecule has 3 heterocycles. The number of rotatable bonds is 3. The summed E-state index contributed by atoms with van der Waals surface area (Å²) in [6.07, 6.45) is 13.9. The fourth-order valence-electron chi connectivity index (χ4n) is 5.02. The van der Waals surface area contributed by atoms with Crippen molar-refractivity contribution < 1.29 is 4.79 Å². The van der Waals surface area contributed by atoms with Crippen molar-refractivity contribution in [2.24, 2.45) is 5.92 Å². The van der Waals surface area contributed by atoms with Crippen LogP contribution in [-0.4, -0.2) is 59.9 Å². The highest BCUT2D eigenvalue weighted by Crippen LogP contribution is 2.23. The van der Waals surface area contributed by atoms with E-state index in [1.807, 2.05) is 29.2 Å². The van der Waals surface area contributed by atoms with E-state index >= 15 is 0 Å². The largest absolute Gasteiger partial charge is 0.355 e. The summed E-state index contributed by atoms with van der Waals surface area (Å²) in [7, 11) is 0. The molecule has 2 aromatic rings. The SMILES string of the molecule is O=C(C1CCN(c2nn(-c3ccc(Cl)cc3)c3/c2=C\C=C/CCC/C=3)CC1)N1CCNCC1. The van der Waals surface area contributed by atoms with Gasteiger partial charge in [0.2, 0.25) is 5.91 Å². The number of piperidine rings is 1. The van der Waals surface area contributed by atoms with Crippen molar-refractivity contribution >= 4 is 35.5 Å². The molecule has 33 heavy (non-hydrogen) atoms. The first-order valence-electron chi connectivity index (χ1n) is 12.2. The maximum Gasteiger partial charge on any atom is 0.225 e. The van der Waals surface area contributed by atoms with Crippen LogP contribution in [0.4, 0.5) is 5.82 Å². The highest BCUT2D eigenvalue weighted by atomic mass is 35.5. The van der Waals surface area contributed by atoms with Crippen molar-refractivity contribution in [2.75, 3.05) is 44.2 Å². The standard InChI is InChI=1S/C26H32ClN5O/c27-21-8-10-22(11-9-21)32-24-7-5-3-1-2-4-6-23(24)25(29-32)30-16-12-20(13-17-30)26(33)31-18-14-28-15-19-31/h2,4,6-11,20,28H,1,3,5,12-19H2/b4-2-,23-6+,24-7-. The molecule has 3 aliphatic rings. The number of amides is 1. The van der Waals surface area contributed by atoms with Gasteiger partial charge < -0.3 is 15.1 Å². The first-order chi connectivity index (χ1) is 16.2. The number of halogens is 1. The molecule has 2 fully saturated rings. The van der Waals surface area contributed by atoms with Crippen molar-refractivity contribution in [2.45, 2.75) is 32.1 Å². The summed E-state index contributed by atoms with van der Waals surface area (Å²) in [6.45, 7) is 5.16. The van der Waals surface area contributed by atoms with Gasteiger partial charge in [-0.05, 0) is 62.4 Å². The number of allylic oxidation sites excluding steroid dienone is 2. The van der Waals surface area contributed by atoms with Crippen molar-refractivity contribution in [3.63, 3.8) is 0 Å². The lowest BCUT2D eigenvalue weighted by Gasteiger charge is -2.35. The Labute approximate surface area is 200 Å². The molecular weight excluding hydrogens is 434 g/mol. The summed E-state index contributed by atoms with van der Waals surface area (Å²) in [5.74, 6) is 1.46. The topological polar surface area (TPSA) is 53.4 Å². The summed E-state index contributed by atoms with van der Waals surface area (Å²) >= 11 is 6.14. The van der Waals surface area contributed by atoms with E-state index in [2.05, 4.69) is 39.2 Å². The van der Waals surface area contributed by atoms with Gasteiger partial charge in [-0.2, -0.15) is 0 Å². The van der Waals surface area contributed by atoms with Crippen molar-refractivity contribution in [1.82, 2.24) is 20.0 Å². The normalized spacial score (nSPS) is 22.7. The highest BCUT2D eigenvalue weighted by molar-refractivity contribution is 6.30. The lowest BCUT2D eigenvalue weighted by atomic mass is 9.95. The summed E-state index contributed by atoms with van der Waals surface area (Å²) in [5.41, 5.74) is 1.01. The van der Waals surface area contributed by atoms with E-state index < -0.39 is 0 Å². The molecular formula is C26H32ClN5O. The average Bonchev–Trinajstić information content (AvgIpc) is 3.26. The van der Waals surface area contributed by atoms with Crippen molar-refractivity contribution in [3.8, 4) is 5.69 Å². The Hall–Kier alpha value is -2.57. The lowest BCUT2D eigenvalue weighted by Crippen LogP contribution is -2.50. The number of hydrogen-bond acceptors (Lipinski definition) is 4. The van der Waals surface area contributed by atoms with Gasteiger partial charge in [-0.3, -0.25) is 4.79 Å². The Morgan fingerprint density at radius 3 is 2.55 bits per heavy atom. The Kier molecular flexibility index (Phi) is 6.83. The summed E-state index contributed by atoms with van der Waals surface area (Å²) in [5, 5.41) is 11.4. The molecule has 1 amide bonds. The Bertz CT molecular complexity index is 1120. The monoisotopic (exact) mass is 465 g/mol. The van der Waals surface area contributed by atoms with E-state index in [0.717, 1.165) is 98.5 Å². The maximum atomic E-state index is 13.0. The number of nitrogens with one attached hydrogen (secondary N) is 1. The minimum atomic E-state index is 0.123. The predicted octanol–water partition coefficient (Wildman–Crippen LogP) is 2.48. The summed E-state index contributed by atoms with van der Waals surface area (Å²) in [4.78, 5) is 17.4. The molecule has 0 saturated carbocycles. The summed E-state index contributed by atoms with van der Waals surface area (Å²) in [6, 6.07) is 7.87. The number of aromatic nitrogens is 2. The minimum Gasteiger partial charge on any atom is -0.355 e. The van der Waals surface area contributed by atoms with Crippen LogP contribution in [0.2, 0.25) is 5.02 Å². The summed E-state index contributed by atoms with van der Waals surface area (Å²) < 4.78 is 2.05. The molecule has 6 nitrogen and oxygen atoms in total. The molecule has 0 unspecified atom stereocenters. The molecule has 1 aromatic carbocycles. The van der Waals surface area contributed by atoms with E-state index in [-0.39, 0.29) is 5.92 Å². The average molecular weight is 466 g/mol. The van der Waals surface area contributed by atoms with Gasteiger partial charge >= 0.3 is 0 Å². The number of piperazine rings is 1. The molecule has 1 aliphatic carbocycles. The molecule has 0 atom stereocenters. The first-order valence-corrected chi connectivity index (χ1v) is 12.5. The number of benzene rings is 1. The van der Waals surface area contributed by atoms with Gasteiger partial charge in [0.25, 0.3) is 0 Å². The van der Waals surface area contributed by atoms with Crippen molar-refractivity contribution in [1.29, 1.82) is 0 Å². The van der Waals surface area contributed by atoms with E-state index in [4.69, 9.17) is 16.7 Å². The maximum absolute atomic E-state index is 13.0. The molecule has 2 aliphatic heterocycles. The number of anilines is 1. The van der Waals surface area contributed by atoms with Crippen LogP contribution >= 0.6 is 11.6 Å². The molecule has 7 heteroatoms. The van der Waals surface area contributed by atoms with Gasteiger partial charge in [0.1, 0.15) is 0 Å². The molecule has 5 rings (SSSR count).